The van der Waals surface area contributed by atoms with E-state index in [9.17, 15) is 4.79 Å². The molecule has 0 aliphatic heterocycles. The Hall–Kier alpha value is -2.86. The fraction of sp³-hybridized carbons (Fsp3) is 0.118. The first-order valence-corrected chi connectivity index (χ1v) is 7.76. The van der Waals surface area contributed by atoms with E-state index >= 15 is 0 Å². The van der Waals surface area contributed by atoms with Gasteiger partial charge < -0.3 is 5.32 Å². The molecule has 0 fully saturated rings. The van der Waals surface area contributed by atoms with Crippen LogP contribution in [-0.4, -0.2) is 21.2 Å². The molecule has 0 aliphatic rings. The van der Waals surface area contributed by atoms with Crippen molar-refractivity contribution in [1.82, 2.24) is 20.5 Å². The minimum absolute atomic E-state index is 0.307. The molecule has 0 atom stereocenters. The van der Waals surface area contributed by atoms with Crippen LogP contribution >= 0.6 is 11.6 Å². The van der Waals surface area contributed by atoms with E-state index in [0.717, 1.165) is 22.4 Å². The normalized spacial score (nSPS) is 10.4. The average molecular weight is 342 g/mol. The standard InChI is InChI=1S/C17H16ClN5O/c1-11-15(13-6-8-19-9-7-13)22-23-16(11)21-17(24)20-10-12-2-4-14(18)5-3-12/h2-9H,10H2,1H3,(H3,20,21,22,23,24). The van der Waals surface area contributed by atoms with Crippen molar-refractivity contribution < 1.29 is 4.79 Å². The molecular formula is C17H16ClN5O. The van der Waals surface area contributed by atoms with Crippen LogP contribution in [0, 0.1) is 6.92 Å². The Labute approximate surface area is 144 Å². The monoisotopic (exact) mass is 341 g/mol. The van der Waals surface area contributed by atoms with Gasteiger partial charge in [0.2, 0.25) is 0 Å². The van der Waals surface area contributed by atoms with Crippen LogP contribution in [0.25, 0.3) is 11.3 Å². The number of benzene rings is 1. The van der Waals surface area contributed by atoms with Crippen LogP contribution in [-0.2, 0) is 6.54 Å². The highest BCUT2D eigenvalue weighted by molar-refractivity contribution is 6.30. The van der Waals surface area contributed by atoms with Gasteiger partial charge in [-0.1, -0.05) is 23.7 Å². The Morgan fingerprint density at radius 2 is 1.88 bits per heavy atom. The number of pyridine rings is 1. The predicted molar refractivity (Wildman–Crippen MR) is 93.9 cm³/mol. The molecule has 0 saturated carbocycles. The Balaban J connectivity index is 1.63. The maximum Gasteiger partial charge on any atom is 0.320 e. The summed E-state index contributed by atoms with van der Waals surface area (Å²) in [6.45, 7) is 2.31. The van der Waals surface area contributed by atoms with Crippen molar-refractivity contribution >= 4 is 23.4 Å². The Morgan fingerprint density at radius 3 is 2.58 bits per heavy atom. The maximum atomic E-state index is 12.0. The minimum Gasteiger partial charge on any atom is -0.334 e. The quantitative estimate of drug-likeness (QED) is 0.675. The summed E-state index contributed by atoms with van der Waals surface area (Å²) in [5.74, 6) is 0.565. The number of carbonyl (C=O) groups excluding carboxylic acids is 1. The summed E-state index contributed by atoms with van der Waals surface area (Å²) in [5, 5.41) is 13.3. The number of anilines is 1. The van der Waals surface area contributed by atoms with Gasteiger partial charge in [-0.3, -0.25) is 15.4 Å². The second kappa shape index (κ2) is 7.14. The first kappa shape index (κ1) is 16.0. The smallest absolute Gasteiger partial charge is 0.320 e. The lowest BCUT2D eigenvalue weighted by Gasteiger charge is -2.07. The zero-order chi connectivity index (χ0) is 16.9. The molecule has 3 N–H and O–H groups in total. The third-order valence-electron chi connectivity index (χ3n) is 3.57. The lowest BCUT2D eigenvalue weighted by molar-refractivity contribution is 0.251. The minimum atomic E-state index is -0.307. The lowest BCUT2D eigenvalue weighted by Crippen LogP contribution is -2.28. The number of amides is 2. The molecule has 3 aromatic rings. The summed E-state index contributed by atoms with van der Waals surface area (Å²) >= 11 is 5.84. The molecule has 2 aromatic heterocycles. The van der Waals surface area contributed by atoms with Crippen molar-refractivity contribution in [2.75, 3.05) is 5.32 Å². The summed E-state index contributed by atoms with van der Waals surface area (Å²) in [7, 11) is 0. The van der Waals surface area contributed by atoms with Gasteiger partial charge in [0.05, 0.1) is 5.69 Å². The first-order chi connectivity index (χ1) is 11.6. The highest BCUT2D eigenvalue weighted by atomic mass is 35.5. The van der Waals surface area contributed by atoms with Gasteiger partial charge in [0.15, 0.2) is 0 Å². The number of nitrogens with one attached hydrogen (secondary N) is 3. The molecular weight excluding hydrogens is 326 g/mol. The summed E-state index contributed by atoms with van der Waals surface area (Å²) in [6, 6.07) is 10.7. The molecule has 0 bridgehead atoms. The molecule has 122 valence electrons. The molecule has 1 aromatic carbocycles. The molecule has 24 heavy (non-hydrogen) atoms. The van der Waals surface area contributed by atoms with Crippen molar-refractivity contribution in [2.24, 2.45) is 0 Å². The number of halogens is 1. The Morgan fingerprint density at radius 1 is 1.17 bits per heavy atom. The van der Waals surface area contributed by atoms with Gasteiger partial charge in [-0.05, 0) is 36.8 Å². The molecule has 0 radical (unpaired) electrons. The van der Waals surface area contributed by atoms with E-state index in [1.54, 1.807) is 24.5 Å². The number of hydrogen-bond acceptors (Lipinski definition) is 3. The Bertz CT molecular complexity index is 830. The van der Waals surface area contributed by atoms with E-state index in [1.807, 2.05) is 31.2 Å². The fourth-order valence-corrected chi connectivity index (χ4v) is 2.38. The summed E-state index contributed by atoms with van der Waals surface area (Å²) in [5.41, 5.74) is 3.55. The van der Waals surface area contributed by atoms with Crippen LogP contribution < -0.4 is 10.6 Å². The highest BCUT2D eigenvalue weighted by Gasteiger charge is 2.12. The average Bonchev–Trinajstić information content (AvgIpc) is 2.96. The third kappa shape index (κ3) is 3.72. The zero-order valence-electron chi connectivity index (χ0n) is 13.0. The van der Waals surface area contributed by atoms with Crippen molar-refractivity contribution in [3.8, 4) is 11.3 Å². The second-order valence-electron chi connectivity index (χ2n) is 5.24. The van der Waals surface area contributed by atoms with Gasteiger partial charge in [0.25, 0.3) is 0 Å². The Kier molecular flexibility index (Phi) is 4.77. The van der Waals surface area contributed by atoms with Crippen molar-refractivity contribution in [2.45, 2.75) is 13.5 Å². The van der Waals surface area contributed by atoms with Gasteiger partial charge in [0, 0.05) is 35.1 Å². The van der Waals surface area contributed by atoms with Gasteiger partial charge in [-0.15, -0.1) is 0 Å². The second-order valence-corrected chi connectivity index (χ2v) is 5.68. The number of carbonyl (C=O) groups is 1. The molecule has 3 rings (SSSR count). The summed E-state index contributed by atoms with van der Waals surface area (Å²) in [6.07, 6.45) is 3.41. The molecule has 0 aliphatic carbocycles. The molecule has 2 amide bonds. The van der Waals surface area contributed by atoms with Crippen LogP contribution in [0.1, 0.15) is 11.1 Å². The number of H-pyrrole nitrogens is 1. The number of rotatable bonds is 4. The van der Waals surface area contributed by atoms with E-state index in [4.69, 9.17) is 11.6 Å². The van der Waals surface area contributed by atoms with Crippen LogP contribution in [0.2, 0.25) is 5.02 Å². The summed E-state index contributed by atoms with van der Waals surface area (Å²) in [4.78, 5) is 16.0. The van der Waals surface area contributed by atoms with Crippen LogP contribution in [0.15, 0.2) is 48.8 Å². The molecule has 0 unspecified atom stereocenters. The number of urea groups is 1. The van der Waals surface area contributed by atoms with E-state index in [1.165, 1.54) is 0 Å². The SMILES string of the molecule is Cc1c(-c2ccncc2)n[nH]c1NC(=O)NCc1ccc(Cl)cc1. The van der Waals surface area contributed by atoms with Crippen molar-refractivity contribution in [1.29, 1.82) is 0 Å². The summed E-state index contributed by atoms with van der Waals surface area (Å²) < 4.78 is 0. The lowest BCUT2D eigenvalue weighted by atomic mass is 10.1. The third-order valence-corrected chi connectivity index (χ3v) is 3.82. The fourth-order valence-electron chi connectivity index (χ4n) is 2.25. The van der Waals surface area contributed by atoms with Crippen LogP contribution in [0.3, 0.4) is 0 Å². The largest absolute Gasteiger partial charge is 0.334 e. The van der Waals surface area contributed by atoms with Gasteiger partial charge in [-0.2, -0.15) is 5.10 Å². The molecule has 0 saturated heterocycles. The van der Waals surface area contributed by atoms with E-state index < -0.39 is 0 Å². The van der Waals surface area contributed by atoms with Gasteiger partial charge in [0.1, 0.15) is 5.82 Å². The molecule has 2 heterocycles. The van der Waals surface area contributed by atoms with Gasteiger partial charge in [-0.25, -0.2) is 4.79 Å². The molecule has 0 spiro atoms. The van der Waals surface area contributed by atoms with E-state index in [-0.39, 0.29) is 6.03 Å². The predicted octanol–water partition coefficient (Wildman–Crippen LogP) is 3.76. The van der Waals surface area contributed by atoms with Crippen LogP contribution in [0.5, 0.6) is 0 Å². The first-order valence-electron chi connectivity index (χ1n) is 7.38. The van der Waals surface area contributed by atoms with Gasteiger partial charge >= 0.3 is 6.03 Å². The maximum absolute atomic E-state index is 12.0. The van der Waals surface area contributed by atoms with E-state index in [0.29, 0.717) is 17.4 Å². The van der Waals surface area contributed by atoms with Crippen molar-refractivity contribution in [3.05, 3.63) is 64.9 Å². The molecule has 6 nitrogen and oxygen atoms in total. The number of hydrogen-bond donors (Lipinski definition) is 3. The topological polar surface area (TPSA) is 82.7 Å². The molecule has 7 heteroatoms. The van der Waals surface area contributed by atoms with Crippen LogP contribution in [0.4, 0.5) is 10.6 Å². The highest BCUT2D eigenvalue weighted by Crippen LogP contribution is 2.25. The number of nitrogens with zero attached hydrogens (tertiary/aromatic N) is 2. The van der Waals surface area contributed by atoms with Crippen molar-refractivity contribution in [3.63, 3.8) is 0 Å². The van der Waals surface area contributed by atoms with E-state index in [2.05, 4.69) is 25.8 Å². The number of aromatic amines is 1. The number of aromatic nitrogens is 3. The zero-order valence-corrected chi connectivity index (χ0v) is 13.8.